The third-order valence-electron chi connectivity index (χ3n) is 4.36. The van der Waals surface area contributed by atoms with E-state index >= 15 is 0 Å². The Balaban J connectivity index is 2.20. The van der Waals surface area contributed by atoms with Gasteiger partial charge in [-0.1, -0.05) is 24.3 Å². The molecule has 90 valence electrons. The van der Waals surface area contributed by atoms with Crippen molar-refractivity contribution in [3.05, 3.63) is 41.5 Å². The highest BCUT2D eigenvalue weighted by atomic mass is 15.0. The van der Waals surface area contributed by atoms with Gasteiger partial charge in [0.2, 0.25) is 5.69 Å². The highest BCUT2D eigenvalue weighted by molar-refractivity contribution is 5.96. The fourth-order valence-corrected chi connectivity index (χ4v) is 3.70. The number of hydrogen-bond donors (Lipinski definition) is 0. The number of fused-ring (bicyclic) bond motifs is 2. The molecule has 0 aromatic heterocycles. The van der Waals surface area contributed by atoms with E-state index in [0.717, 1.165) is 0 Å². The van der Waals surface area contributed by atoms with Crippen LogP contribution in [0.5, 0.6) is 0 Å². The van der Waals surface area contributed by atoms with Crippen LogP contribution in [-0.2, 0) is 11.8 Å². The van der Waals surface area contributed by atoms with Crippen molar-refractivity contribution in [2.75, 3.05) is 6.54 Å². The average molecular weight is 236 g/mol. The summed E-state index contributed by atoms with van der Waals surface area (Å²) in [4.78, 5) is 0. The Kier molecular flexibility index (Phi) is 1.85. The summed E-state index contributed by atoms with van der Waals surface area (Å²) in [5.74, 6) is 0. The van der Waals surface area contributed by atoms with E-state index in [1.54, 1.807) is 0 Å². The molecular weight excluding hydrogens is 218 g/mol. The molecule has 2 heterocycles. The second-order valence-corrected chi connectivity index (χ2v) is 6.13. The Morgan fingerprint density at radius 1 is 1.17 bits per heavy atom. The van der Waals surface area contributed by atoms with Gasteiger partial charge in [-0.05, 0) is 37.1 Å². The number of hydrogen-bond acceptors (Lipinski definition) is 0. The predicted octanol–water partition coefficient (Wildman–Crippen LogP) is 3.79. The van der Waals surface area contributed by atoms with E-state index in [9.17, 15) is 0 Å². The van der Waals surface area contributed by atoms with Crippen molar-refractivity contribution in [3.63, 3.8) is 0 Å². The fourth-order valence-electron chi connectivity index (χ4n) is 3.70. The van der Waals surface area contributed by atoms with Crippen LogP contribution in [0.1, 0.15) is 31.4 Å². The van der Waals surface area contributed by atoms with Crippen molar-refractivity contribution >= 4 is 22.7 Å². The van der Waals surface area contributed by atoms with Crippen molar-refractivity contribution in [1.29, 1.82) is 0 Å². The monoisotopic (exact) mass is 236 g/mol. The molecule has 0 unspecified atom stereocenters. The van der Waals surface area contributed by atoms with Gasteiger partial charge < -0.3 is 0 Å². The van der Waals surface area contributed by atoms with Gasteiger partial charge in [0.1, 0.15) is 6.54 Å². The van der Waals surface area contributed by atoms with Gasteiger partial charge in [0.25, 0.3) is 0 Å². The normalized spacial score (nSPS) is 19.8. The number of nitrogens with zero attached hydrogens (tertiary/aromatic N) is 1. The summed E-state index contributed by atoms with van der Waals surface area (Å²) in [7, 11) is 0. The highest BCUT2D eigenvalue weighted by Crippen LogP contribution is 2.45. The van der Waals surface area contributed by atoms with E-state index in [4.69, 9.17) is 0 Å². The first-order valence-corrected chi connectivity index (χ1v) is 6.84. The summed E-state index contributed by atoms with van der Waals surface area (Å²) in [6.07, 6.45) is 4.93. The molecule has 1 heteroatoms. The van der Waals surface area contributed by atoms with Crippen LogP contribution < -0.4 is 0 Å². The smallest absolute Gasteiger partial charge is 0.201 e. The molecule has 0 saturated heterocycles. The SMILES string of the molecule is CC1(C)C=[N+]2CCCc3cc4ccccc4c1c32. The lowest BCUT2D eigenvalue weighted by Gasteiger charge is -2.17. The van der Waals surface area contributed by atoms with Gasteiger partial charge in [-0.15, -0.1) is 0 Å². The van der Waals surface area contributed by atoms with Gasteiger partial charge in [-0.2, -0.15) is 0 Å². The Bertz CT molecular complexity index is 692. The lowest BCUT2D eigenvalue weighted by molar-refractivity contribution is -0.438. The molecule has 0 radical (unpaired) electrons. The van der Waals surface area contributed by atoms with E-state index in [1.807, 2.05) is 0 Å². The molecule has 2 aliphatic rings. The minimum atomic E-state index is 0.162. The van der Waals surface area contributed by atoms with Crippen LogP contribution in [0.15, 0.2) is 30.3 Å². The van der Waals surface area contributed by atoms with Gasteiger partial charge in [-0.3, -0.25) is 0 Å². The lowest BCUT2D eigenvalue weighted by Crippen LogP contribution is -2.17. The van der Waals surface area contributed by atoms with Crippen molar-refractivity contribution in [2.45, 2.75) is 32.1 Å². The first kappa shape index (κ1) is 10.3. The summed E-state index contributed by atoms with van der Waals surface area (Å²) in [5, 5.41) is 2.83. The first-order valence-electron chi connectivity index (χ1n) is 6.84. The molecule has 4 rings (SSSR count). The molecule has 0 fully saturated rings. The lowest BCUT2D eigenvalue weighted by atomic mass is 9.82. The standard InChI is InChI=1S/C17H18N/c1-17(2)11-18-9-5-7-13-10-12-6-3-4-8-14(12)15(17)16(13)18/h3-4,6,8,10-11H,5,7,9H2,1-2H3/q+1. The molecule has 0 spiro atoms. The Morgan fingerprint density at radius 3 is 2.89 bits per heavy atom. The Morgan fingerprint density at radius 2 is 2.00 bits per heavy atom. The molecule has 0 amide bonds. The molecule has 0 N–H and O–H groups in total. The average Bonchev–Trinajstić information content (AvgIpc) is 2.63. The molecule has 0 atom stereocenters. The topological polar surface area (TPSA) is 3.01 Å². The van der Waals surface area contributed by atoms with Crippen molar-refractivity contribution in [1.82, 2.24) is 0 Å². The molecule has 2 aromatic carbocycles. The van der Waals surface area contributed by atoms with E-state index in [1.165, 1.54) is 47.0 Å². The van der Waals surface area contributed by atoms with Crippen LogP contribution in [0.25, 0.3) is 10.8 Å². The summed E-state index contributed by atoms with van der Waals surface area (Å²) in [5.41, 5.74) is 4.74. The Hall–Kier alpha value is -1.63. The van der Waals surface area contributed by atoms with E-state index in [-0.39, 0.29) is 5.41 Å². The third-order valence-corrected chi connectivity index (χ3v) is 4.36. The maximum absolute atomic E-state index is 2.49. The number of rotatable bonds is 0. The van der Waals surface area contributed by atoms with Gasteiger partial charge >= 0.3 is 0 Å². The van der Waals surface area contributed by atoms with Crippen molar-refractivity contribution in [3.8, 4) is 0 Å². The number of benzene rings is 2. The number of aryl methyl sites for hydroxylation is 1. The van der Waals surface area contributed by atoms with Crippen molar-refractivity contribution < 1.29 is 4.58 Å². The summed E-state index contributed by atoms with van der Waals surface area (Å²) in [6, 6.07) is 11.2. The first-order chi connectivity index (χ1) is 8.67. The van der Waals surface area contributed by atoms with E-state index in [0.29, 0.717) is 0 Å². The molecule has 18 heavy (non-hydrogen) atoms. The van der Waals surface area contributed by atoms with E-state index < -0.39 is 0 Å². The van der Waals surface area contributed by atoms with Crippen LogP contribution >= 0.6 is 0 Å². The highest BCUT2D eigenvalue weighted by Gasteiger charge is 2.41. The molecule has 0 bridgehead atoms. The molecule has 0 saturated carbocycles. The maximum Gasteiger partial charge on any atom is 0.213 e. The second-order valence-electron chi connectivity index (χ2n) is 6.13. The molecule has 0 aliphatic carbocycles. The predicted molar refractivity (Wildman–Crippen MR) is 76.1 cm³/mol. The third kappa shape index (κ3) is 1.19. The maximum atomic E-state index is 2.49. The zero-order valence-electron chi connectivity index (χ0n) is 11.0. The van der Waals surface area contributed by atoms with Crippen molar-refractivity contribution in [2.24, 2.45) is 0 Å². The zero-order chi connectivity index (χ0) is 12.3. The fraction of sp³-hybridized carbons (Fsp3) is 0.353. The zero-order valence-corrected chi connectivity index (χ0v) is 11.0. The molecule has 1 nitrogen and oxygen atoms in total. The van der Waals surface area contributed by atoms with E-state index in [2.05, 4.69) is 55.0 Å². The Labute approximate surface area is 108 Å². The minimum Gasteiger partial charge on any atom is -0.201 e. The summed E-state index contributed by atoms with van der Waals surface area (Å²) in [6.45, 7) is 5.86. The van der Waals surface area contributed by atoms with Crippen LogP contribution in [0.4, 0.5) is 5.69 Å². The van der Waals surface area contributed by atoms with Gasteiger partial charge in [0, 0.05) is 17.5 Å². The molecule has 2 aliphatic heterocycles. The summed E-state index contributed by atoms with van der Waals surface area (Å²) < 4.78 is 2.49. The largest absolute Gasteiger partial charge is 0.213 e. The van der Waals surface area contributed by atoms with Crippen LogP contribution in [0.2, 0.25) is 0 Å². The van der Waals surface area contributed by atoms with Crippen LogP contribution in [0, 0.1) is 0 Å². The summed E-state index contributed by atoms with van der Waals surface area (Å²) >= 11 is 0. The van der Waals surface area contributed by atoms with Gasteiger partial charge in [0.15, 0.2) is 6.21 Å². The quantitative estimate of drug-likeness (QED) is 0.612. The van der Waals surface area contributed by atoms with Crippen LogP contribution in [0.3, 0.4) is 0 Å². The van der Waals surface area contributed by atoms with Crippen LogP contribution in [-0.4, -0.2) is 17.3 Å². The molecular formula is C17H18N+. The minimum absolute atomic E-state index is 0.162. The van der Waals surface area contributed by atoms with Gasteiger partial charge in [-0.25, -0.2) is 4.58 Å². The second kappa shape index (κ2) is 3.23. The van der Waals surface area contributed by atoms with Gasteiger partial charge in [0.05, 0.1) is 5.41 Å². The molecule has 2 aromatic rings.